The SMILES string of the molecule is CC(C)CN(CCN(C)C)Cc1nc(Cl)ccc1Cl. The van der Waals surface area contributed by atoms with E-state index in [0.29, 0.717) is 16.1 Å². The number of nitrogens with zero attached hydrogens (tertiary/aromatic N) is 3. The summed E-state index contributed by atoms with van der Waals surface area (Å²) in [4.78, 5) is 8.88. The van der Waals surface area contributed by atoms with Crippen molar-refractivity contribution in [3.8, 4) is 0 Å². The Kier molecular flexibility index (Phi) is 7.08. The van der Waals surface area contributed by atoms with Crippen molar-refractivity contribution < 1.29 is 0 Å². The quantitative estimate of drug-likeness (QED) is 0.720. The highest BCUT2D eigenvalue weighted by Gasteiger charge is 2.12. The predicted molar refractivity (Wildman–Crippen MR) is 82.9 cm³/mol. The summed E-state index contributed by atoms with van der Waals surface area (Å²) in [6.07, 6.45) is 0. The molecule has 1 aromatic heterocycles. The van der Waals surface area contributed by atoms with Crippen LogP contribution in [0.5, 0.6) is 0 Å². The number of rotatable bonds is 7. The van der Waals surface area contributed by atoms with E-state index in [0.717, 1.165) is 31.9 Å². The van der Waals surface area contributed by atoms with Gasteiger partial charge in [0, 0.05) is 26.2 Å². The fraction of sp³-hybridized carbons (Fsp3) is 0.643. The zero-order valence-corrected chi connectivity index (χ0v) is 13.7. The van der Waals surface area contributed by atoms with E-state index in [1.165, 1.54) is 0 Å². The molecule has 1 heterocycles. The maximum absolute atomic E-state index is 6.18. The summed E-state index contributed by atoms with van der Waals surface area (Å²) in [5.41, 5.74) is 0.855. The second-order valence-electron chi connectivity index (χ2n) is 5.49. The molecule has 0 fully saturated rings. The van der Waals surface area contributed by atoms with Crippen molar-refractivity contribution in [2.75, 3.05) is 33.7 Å². The first-order chi connectivity index (χ1) is 8.88. The fourth-order valence-electron chi connectivity index (χ4n) is 1.87. The van der Waals surface area contributed by atoms with Gasteiger partial charge < -0.3 is 4.90 Å². The van der Waals surface area contributed by atoms with Crippen molar-refractivity contribution in [3.05, 3.63) is 28.0 Å². The number of aromatic nitrogens is 1. The van der Waals surface area contributed by atoms with E-state index in [1.54, 1.807) is 6.07 Å². The third kappa shape index (κ3) is 6.57. The second-order valence-corrected chi connectivity index (χ2v) is 6.29. The maximum Gasteiger partial charge on any atom is 0.129 e. The Bertz CT molecular complexity index is 394. The first kappa shape index (κ1) is 16.7. The lowest BCUT2D eigenvalue weighted by Gasteiger charge is -2.25. The topological polar surface area (TPSA) is 19.4 Å². The first-order valence-corrected chi connectivity index (χ1v) is 7.32. The molecule has 3 nitrogen and oxygen atoms in total. The van der Waals surface area contributed by atoms with Crippen LogP contribution in [0.4, 0.5) is 0 Å². The fourth-order valence-corrected chi connectivity index (χ4v) is 2.20. The molecule has 1 aromatic rings. The Labute approximate surface area is 126 Å². The third-order valence-electron chi connectivity index (χ3n) is 2.74. The smallest absolute Gasteiger partial charge is 0.129 e. The Balaban J connectivity index is 2.72. The van der Waals surface area contributed by atoms with Crippen molar-refractivity contribution in [3.63, 3.8) is 0 Å². The molecule has 0 atom stereocenters. The molecule has 0 N–H and O–H groups in total. The van der Waals surface area contributed by atoms with Gasteiger partial charge in [0.25, 0.3) is 0 Å². The van der Waals surface area contributed by atoms with Gasteiger partial charge in [-0.2, -0.15) is 0 Å². The molecule has 0 saturated carbocycles. The molecule has 0 spiro atoms. The van der Waals surface area contributed by atoms with Gasteiger partial charge in [-0.05, 0) is 32.1 Å². The molecule has 1 rings (SSSR count). The molecule has 0 saturated heterocycles. The lowest BCUT2D eigenvalue weighted by molar-refractivity contribution is 0.210. The largest absolute Gasteiger partial charge is 0.308 e. The van der Waals surface area contributed by atoms with Crippen LogP contribution in [0.25, 0.3) is 0 Å². The summed E-state index contributed by atoms with van der Waals surface area (Å²) in [6, 6.07) is 3.53. The van der Waals surface area contributed by atoms with Gasteiger partial charge in [-0.15, -0.1) is 0 Å². The van der Waals surface area contributed by atoms with E-state index in [2.05, 4.69) is 42.7 Å². The minimum atomic E-state index is 0.497. The molecule has 0 aliphatic rings. The lowest BCUT2D eigenvalue weighted by Crippen LogP contribution is -2.34. The predicted octanol–water partition coefficient (Wildman–Crippen LogP) is 3.41. The highest BCUT2D eigenvalue weighted by atomic mass is 35.5. The van der Waals surface area contributed by atoms with Gasteiger partial charge >= 0.3 is 0 Å². The van der Waals surface area contributed by atoms with Crippen LogP contribution >= 0.6 is 23.2 Å². The highest BCUT2D eigenvalue weighted by molar-refractivity contribution is 6.32. The van der Waals surface area contributed by atoms with E-state index in [-0.39, 0.29) is 0 Å². The van der Waals surface area contributed by atoms with Crippen molar-refractivity contribution in [2.24, 2.45) is 5.92 Å². The van der Waals surface area contributed by atoms with Crippen LogP contribution in [0.1, 0.15) is 19.5 Å². The molecule has 108 valence electrons. The average molecular weight is 304 g/mol. The molecule has 0 amide bonds. The monoisotopic (exact) mass is 303 g/mol. The standard InChI is InChI=1S/C14H23Cl2N3/c1-11(2)9-19(8-7-18(3)4)10-13-12(15)5-6-14(16)17-13/h5-6,11H,7-10H2,1-4H3. The van der Waals surface area contributed by atoms with Gasteiger partial charge in [-0.3, -0.25) is 4.90 Å². The molecular weight excluding hydrogens is 281 g/mol. The molecule has 0 aliphatic heterocycles. The van der Waals surface area contributed by atoms with Crippen molar-refractivity contribution in [2.45, 2.75) is 20.4 Å². The first-order valence-electron chi connectivity index (χ1n) is 6.56. The summed E-state index contributed by atoms with van der Waals surface area (Å²) < 4.78 is 0. The normalized spacial score (nSPS) is 11.8. The van der Waals surface area contributed by atoms with Crippen molar-refractivity contribution >= 4 is 23.2 Å². The molecule has 0 aromatic carbocycles. The average Bonchev–Trinajstić information content (AvgIpc) is 2.30. The summed E-state index contributed by atoms with van der Waals surface area (Å²) in [6.45, 7) is 8.22. The van der Waals surface area contributed by atoms with E-state index >= 15 is 0 Å². The van der Waals surface area contributed by atoms with Crippen molar-refractivity contribution in [1.82, 2.24) is 14.8 Å². The minimum absolute atomic E-state index is 0.497. The van der Waals surface area contributed by atoms with Crippen molar-refractivity contribution in [1.29, 1.82) is 0 Å². The molecule has 5 heteroatoms. The Hall–Kier alpha value is -0.350. The number of halogens is 2. The molecule has 19 heavy (non-hydrogen) atoms. The number of hydrogen-bond donors (Lipinski definition) is 0. The number of likely N-dealkylation sites (N-methyl/N-ethyl adjacent to an activating group) is 1. The van der Waals surface area contributed by atoms with E-state index in [4.69, 9.17) is 23.2 Å². The van der Waals surface area contributed by atoms with Gasteiger partial charge in [-0.1, -0.05) is 37.0 Å². The Morgan fingerprint density at radius 2 is 1.84 bits per heavy atom. The Morgan fingerprint density at radius 3 is 2.42 bits per heavy atom. The third-order valence-corrected chi connectivity index (χ3v) is 3.30. The van der Waals surface area contributed by atoms with Crippen LogP contribution in [0.3, 0.4) is 0 Å². The van der Waals surface area contributed by atoms with Gasteiger partial charge in [0.1, 0.15) is 5.15 Å². The lowest BCUT2D eigenvalue weighted by atomic mass is 10.2. The minimum Gasteiger partial charge on any atom is -0.308 e. The Morgan fingerprint density at radius 1 is 1.16 bits per heavy atom. The molecule has 0 aliphatic carbocycles. The molecular formula is C14H23Cl2N3. The zero-order valence-electron chi connectivity index (χ0n) is 12.2. The molecule has 0 bridgehead atoms. The summed E-state index contributed by atoms with van der Waals surface area (Å²) in [5, 5.41) is 1.18. The molecule has 0 radical (unpaired) electrons. The highest BCUT2D eigenvalue weighted by Crippen LogP contribution is 2.18. The molecule has 0 unspecified atom stereocenters. The van der Waals surface area contributed by atoms with Gasteiger partial charge in [0.05, 0.1) is 10.7 Å². The van der Waals surface area contributed by atoms with Crippen LogP contribution in [-0.2, 0) is 6.54 Å². The van der Waals surface area contributed by atoms with Crippen LogP contribution in [0.2, 0.25) is 10.2 Å². The summed E-state index contributed by atoms with van der Waals surface area (Å²) in [7, 11) is 4.16. The second kappa shape index (κ2) is 8.05. The van der Waals surface area contributed by atoms with E-state index in [1.807, 2.05) is 6.07 Å². The van der Waals surface area contributed by atoms with Crippen LogP contribution in [0.15, 0.2) is 12.1 Å². The maximum atomic E-state index is 6.18. The van der Waals surface area contributed by atoms with Crippen LogP contribution < -0.4 is 0 Å². The van der Waals surface area contributed by atoms with Gasteiger partial charge in [-0.25, -0.2) is 4.98 Å². The van der Waals surface area contributed by atoms with E-state index < -0.39 is 0 Å². The van der Waals surface area contributed by atoms with E-state index in [9.17, 15) is 0 Å². The van der Waals surface area contributed by atoms with Crippen LogP contribution in [0, 0.1) is 5.92 Å². The summed E-state index contributed by atoms with van der Waals surface area (Å²) in [5.74, 6) is 0.611. The number of hydrogen-bond acceptors (Lipinski definition) is 3. The summed E-state index contributed by atoms with van der Waals surface area (Å²) >= 11 is 12.1. The van der Waals surface area contributed by atoms with Crippen LogP contribution in [-0.4, -0.2) is 48.5 Å². The number of pyridine rings is 1. The van der Waals surface area contributed by atoms with Gasteiger partial charge in [0.2, 0.25) is 0 Å². The van der Waals surface area contributed by atoms with Gasteiger partial charge in [0.15, 0.2) is 0 Å². The zero-order chi connectivity index (χ0) is 14.4.